The van der Waals surface area contributed by atoms with Crippen LogP contribution < -0.4 is 9.47 Å². The number of aryl methyl sites for hydroxylation is 1. The van der Waals surface area contributed by atoms with E-state index in [-0.39, 0.29) is 16.2 Å². The van der Waals surface area contributed by atoms with Gasteiger partial charge >= 0.3 is 6.03 Å². The van der Waals surface area contributed by atoms with E-state index in [4.69, 9.17) is 9.47 Å². The molecule has 3 heterocycles. The molecule has 6 heteroatoms. The Bertz CT molecular complexity index is 1760. The van der Waals surface area contributed by atoms with Crippen molar-refractivity contribution in [3.05, 3.63) is 57.6 Å². The summed E-state index contributed by atoms with van der Waals surface area (Å²) >= 11 is 0. The average molecular weight is 771 g/mol. The van der Waals surface area contributed by atoms with Gasteiger partial charge in [0.1, 0.15) is 0 Å². The standard InChI is InChI=1S/C50H82N4O2/c1-15-53(16-2,17-3)29-23-27-49(14,28-24-30-54(18-4,19-5)20-6)41-31-37(7)45-38(33-41)35-51-43-25-21-22-26-44(43)52-36-39-32-40(47(8,9)10)34-42(48(11,12)13)46(39)56-50(51,52)55-45/h31-36,43-44H,15-30H2,1-14H3/q+4. The van der Waals surface area contributed by atoms with Crippen LogP contribution in [0, 0.1) is 6.92 Å². The van der Waals surface area contributed by atoms with Crippen molar-refractivity contribution in [2.75, 3.05) is 52.4 Å². The Morgan fingerprint density at radius 3 is 1.50 bits per heavy atom. The third kappa shape index (κ3) is 7.64. The highest BCUT2D eigenvalue weighted by molar-refractivity contribution is 5.85. The van der Waals surface area contributed by atoms with Crippen LogP contribution in [-0.4, -0.2) is 101 Å². The molecule has 2 aromatic rings. The number of fused-ring (bicyclic) bond motifs is 5. The largest absolute Gasteiger partial charge is 0.704 e. The number of hydrogen-bond acceptors (Lipinski definition) is 2. The minimum absolute atomic E-state index is 0.0360. The first-order valence-corrected chi connectivity index (χ1v) is 23.1. The van der Waals surface area contributed by atoms with Crippen molar-refractivity contribution < 1.29 is 27.6 Å². The van der Waals surface area contributed by atoms with E-state index in [9.17, 15) is 0 Å². The number of ether oxygens (including phenoxy) is 2. The molecule has 2 fully saturated rings. The Morgan fingerprint density at radius 1 is 0.607 bits per heavy atom. The predicted molar refractivity (Wildman–Crippen MR) is 235 cm³/mol. The molecule has 6 nitrogen and oxygen atoms in total. The topological polar surface area (TPSA) is 24.5 Å². The fourth-order valence-electron chi connectivity index (χ4n) is 11.0. The van der Waals surface area contributed by atoms with Crippen LogP contribution in [0.25, 0.3) is 0 Å². The molecule has 3 atom stereocenters. The highest BCUT2D eigenvalue weighted by atomic mass is 16.7. The first-order chi connectivity index (χ1) is 26.4. The van der Waals surface area contributed by atoms with Crippen LogP contribution in [0.15, 0.2) is 24.3 Å². The molecule has 1 saturated carbocycles. The highest BCUT2D eigenvalue weighted by Gasteiger charge is 2.76. The summed E-state index contributed by atoms with van der Waals surface area (Å²) in [6.45, 7) is 42.9. The van der Waals surface area contributed by atoms with E-state index in [0.717, 1.165) is 24.3 Å². The third-order valence-corrected chi connectivity index (χ3v) is 15.6. The summed E-state index contributed by atoms with van der Waals surface area (Å²) in [6.07, 6.45) is 14.6. The van der Waals surface area contributed by atoms with E-state index in [1.807, 2.05) is 0 Å². The van der Waals surface area contributed by atoms with Crippen LogP contribution in [0.1, 0.15) is 175 Å². The van der Waals surface area contributed by atoms with Gasteiger partial charge in [-0.25, -0.2) is 0 Å². The zero-order valence-electron chi connectivity index (χ0n) is 38.5. The van der Waals surface area contributed by atoms with E-state index in [1.165, 1.54) is 133 Å². The molecule has 0 bridgehead atoms. The lowest BCUT2D eigenvalue weighted by Gasteiger charge is -2.39. The van der Waals surface area contributed by atoms with Crippen LogP contribution in [-0.2, 0) is 16.2 Å². The Labute approximate surface area is 343 Å². The maximum atomic E-state index is 7.47. The number of rotatable bonds is 15. The van der Waals surface area contributed by atoms with Gasteiger partial charge in [0.15, 0.2) is 23.9 Å². The second-order valence-corrected chi connectivity index (χ2v) is 20.7. The molecular weight excluding hydrogens is 689 g/mol. The lowest BCUT2D eigenvalue weighted by atomic mass is 9.73. The molecular formula is C50H82N4O2+4. The van der Waals surface area contributed by atoms with Crippen molar-refractivity contribution in [2.24, 2.45) is 0 Å². The van der Waals surface area contributed by atoms with E-state index in [1.54, 1.807) is 0 Å². The Kier molecular flexibility index (Phi) is 12.1. The summed E-state index contributed by atoms with van der Waals surface area (Å²) in [7, 11) is 0. The normalized spacial score (nSPS) is 22.2. The van der Waals surface area contributed by atoms with Gasteiger partial charge in [0, 0.05) is 18.4 Å². The quantitative estimate of drug-likeness (QED) is 0.133. The first-order valence-electron chi connectivity index (χ1n) is 23.1. The molecule has 6 rings (SSSR count). The van der Waals surface area contributed by atoms with Crippen LogP contribution in [0.4, 0.5) is 0 Å². The van der Waals surface area contributed by atoms with Gasteiger partial charge in [-0.3, -0.25) is 0 Å². The minimum Gasteiger partial charge on any atom is -0.340 e. The maximum absolute atomic E-state index is 7.47. The van der Waals surface area contributed by atoms with Crippen molar-refractivity contribution >= 4 is 12.4 Å². The third-order valence-electron chi connectivity index (χ3n) is 15.6. The molecule has 3 aliphatic heterocycles. The molecule has 4 aliphatic rings. The molecule has 0 radical (unpaired) electrons. The van der Waals surface area contributed by atoms with Crippen molar-refractivity contribution in [3.8, 4) is 11.5 Å². The number of hydrogen-bond donors (Lipinski definition) is 0. The van der Waals surface area contributed by atoms with E-state index in [0.29, 0.717) is 12.1 Å². The summed E-state index contributed by atoms with van der Waals surface area (Å²) in [4.78, 5) is 0. The highest BCUT2D eigenvalue weighted by Crippen LogP contribution is 2.49. The molecule has 3 unspecified atom stereocenters. The van der Waals surface area contributed by atoms with Crippen LogP contribution in [0.2, 0.25) is 0 Å². The van der Waals surface area contributed by atoms with Gasteiger partial charge in [-0.15, -0.1) is 0 Å². The molecule has 1 aliphatic carbocycles. The van der Waals surface area contributed by atoms with Gasteiger partial charge < -0.3 is 18.4 Å². The second-order valence-electron chi connectivity index (χ2n) is 20.7. The van der Waals surface area contributed by atoms with Gasteiger partial charge in [0.05, 0.1) is 63.5 Å². The number of nitrogens with zero attached hydrogens (tertiary/aromatic N) is 4. The van der Waals surface area contributed by atoms with Gasteiger partial charge in [-0.05, 0) is 132 Å². The van der Waals surface area contributed by atoms with Crippen molar-refractivity contribution in [1.29, 1.82) is 0 Å². The zero-order chi connectivity index (χ0) is 40.9. The smallest absolute Gasteiger partial charge is 0.340 e. The summed E-state index contributed by atoms with van der Waals surface area (Å²) < 4.78 is 22.4. The van der Waals surface area contributed by atoms with Crippen molar-refractivity contribution in [2.45, 2.75) is 183 Å². The van der Waals surface area contributed by atoms with Crippen molar-refractivity contribution in [1.82, 2.24) is 0 Å². The Morgan fingerprint density at radius 2 is 1.05 bits per heavy atom. The molecule has 1 saturated heterocycles. The maximum Gasteiger partial charge on any atom is 0.704 e. The molecule has 0 N–H and O–H groups in total. The van der Waals surface area contributed by atoms with E-state index >= 15 is 0 Å². The summed E-state index contributed by atoms with van der Waals surface area (Å²) in [5.41, 5.74) is 7.75. The molecule has 2 aromatic carbocycles. The molecule has 0 aromatic heterocycles. The van der Waals surface area contributed by atoms with Gasteiger partial charge in [0.25, 0.3) is 0 Å². The predicted octanol–water partition coefficient (Wildman–Crippen LogP) is 10.4. The zero-order valence-corrected chi connectivity index (χ0v) is 38.5. The van der Waals surface area contributed by atoms with E-state index < -0.39 is 6.03 Å². The fraction of sp³-hybridized carbons (Fsp3) is 0.720. The molecule has 0 amide bonds. The minimum atomic E-state index is -1.03. The molecule has 1 spiro atoms. The lowest BCUT2D eigenvalue weighted by molar-refractivity contribution is -0.923. The van der Waals surface area contributed by atoms with Gasteiger partial charge in [-0.1, -0.05) is 69.7 Å². The van der Waals surface area contributed by atoms with Gasteiger partial charge in [-0.2, -0.15) is 0 Å². The van der Waals surface area contributed by atoms with Crippen LogP contribution >= 0.6 is 0 Å². The van der Waals surface area contributed by atoms with E-state index in [2.05, 4.69) is 143 Å². The first kappa shape index (κ1) is 42.9. The fourth-order valence-corrected chi connectivity index (χ4v) is 11.0. The monoisotopic (exact) mass is 771 g/mol. The number of quaternary nitrogens is 2. The SMILES string of the molecule is CC[N+](CC)(CC)CCCC(C)(CCC[N+](CC)(CC)CC)c1cc(C)c2c(c1)C=[N+]1C3CCCCC3[N+]3=Cc4cc(C(C)(C)C)cc(C(C)(C)C)c4OC13O2. The summed E-state index contributed by atoms with van der Waals surface area (Å²) in [6, 6.07) is 9.45. The van der Waals surface area contributed by atoms with Gasteiger partial charge in [0.2, 0.25) is 12.1 Å². The average Bonchev–Trinajstić information content (AvgIpc) is 3.44. The lowest BCUT2D eigenvalue weighted by Crippen LogP contribution is -2.60. The van der Waals surface area contributed by atoms with Crippen LogP contribution in [0.3, 0.4) is 0 Å². The second kappa shape index (κ2) is 15.8. The molecule has 56 heavy (non-hydrogen) atoms. The summed E-state index contributed by atoms with van der Waals surface area (Å²) in [5, 5.41) is 0. The van der Waals surface area contributed by atoms with Crippen molar-refractivity contribution in [3.63, 3.8) is 0 Å². The number of benzene rings is 2. The van der Waals surface area contributed by atoms with Crippen LogP contribution in [0.5, 0.6) is 11.5 Å². The Balaban J connectivity index is 1.43. The summed E-state index contributed by atoms with van der Waals surface area (Å²) in [5.74, 6) is 1.96. The Hall–Kier alpha value is -2.70. The molecule has 310 valence electrons.